The minimum Gasteiger partial charge on any atom is -0.423 e. The minimum atomic E-state index is -4.28. The van der Waals surface area contributed by atoms with Gasteiger partial charge in [0, 0.05) is 19.9 Å². The van der Waals surface area contributed by atoms with Gasteiger partial charge in [0.2, 0.25) is 0 Å². The van der Waals surface area contributed by atoms with Crippen LogP contribution in [-0.4, -0.2) is 43.5 Å². The van der Waals surface area contributed by atoms with E-state index >= 15 is 0 Å². The number of hydrogen-bond donors (Lipinski definition) is 1. The molecule has 1 aliphatic heterocycles. The molecule has 2 amide bonds. The molecule has 32 heavy (non-hydrogen) atoms. The molecule has 3 aliphatic rings. The first-order valence-electron chi connectivity index (χ1n) is 10.7. The topological polar surface area (TPSA) is 108 Å². The number of rotatable bonds is 6. The number of amides is 2. The summed E-state index contributed by atoms with van der Waals surface area (Å²) in [6, 6.07) is 1.34. The van der Waals surface area contributed by atoms with Crippen LogP contribution in [0, 0.1) is 0 Å². The van der Waals surface area contributed by atoms with E-state index in [4.69, 9.17) is 4.74 Å². The van der Waals surface area contributed by atoms with Crippen LogP contribution in [0.4, 0.5) is 16.2 Å². The Morgan fingerprint density at radius 2 is 1.97 bits per heavy atom. The van der Waals surface area contributed by atoms with Crippen LogP contribution in [-0.2, 0) is 47.7 Å². The van der Waals surface area contributed by atoms with Crippen LogP contribution in [0.1, 0.15) is 41.5 Å². The van der Waals surface area contributed by atoms with E-state index in [0.29, 0.717) is 12.3 Å². The maximum Gasteiger partial charge on any atom is 1.00 e. The second kappa shape index (κ2) is 9.34. The zero-order valence-electron chi connectivity index (χ0n) is 18.5. The molecule has 0 unspecified atom stereocenters. The molecule has 1 fully saturated rings. The first-order valence-corrected chi connectivity index (χ1v) is 12.1. The average molecular weight is 468 g/mol. The van der Waals surface area contributed by atoms with E-state index in [1.165, 1.54) is 22.0 Å². The third kappa shape index (κ3) is 4.56. The van der Waals surface area contributed by atoms with Crippen molar-refractivity contribution < 1.29 is 47.5 Å². The molecule has 11 heteroatoms. The van der Waals surface area contributed by atoms with Gasteiger partial charge in [-0.3, -0.25) is 13.8 Å². The third-order valence-corrected chi connectivity index (χ3v) is 7.66. The molecule has 2 aromatic rings. The second-order valence-electron chi connectivity index (χ2n) is 8.42. The van der Waals surface area contributed by atoms with Crippen molar-refractivity contribution in [1.82, 2.24) is 9.78 Å². The number of fused-ring (bicyclic) bond motifs is 2. The van der Waals surface area contributed by atoms with Crippen molar-refractivity contribution in [1.29, 1.82) is 0 Å². The maximum absolute atomic E-state index is 13.2. The van der Waals surface area contributed by atoms with E-state index in [1.807, 2.05) is 0 Å². The number of anilines is 2. The summed E-state index contributed by atoms with van der Waals surface area (Å²) in [4.78, 5) is 12.7. The van der Waals surface area contributed by atoms with Crippen molar-refractivity contribution in [2.24, 2.45) is 7.05 Å². The molecule has 0 saturated carbocycles. The predicted molar refractivity (Wildman–Crippen MR) is 117 cm³/mol. The van der Waals surface area contributed by atoms with Crippen LogP contribution in [0.25, 0.3) is 4.72 Å². The van der Waals surface area contributed by atoms with Crippen molar-refractivity contribution in [3.63, 3.8) is 0 Å². The summed E-state index contributed by atoms with van der Waals surface area (Å²) in [6.07, 6.45) is 9.30. The summed E-state index contributed by atoms with van der Waals surface area (Å²) in [5.74, 6) is 0. The van der Waals surface area contributed by atoms with Gasteiger partial charge in [-0.15, -0.1) is 0 Å². The number of aromatic nitrogens is 2. The summed E-state index contributed by atoms with van der Waals surface area (Å²) in [5, 5.41) is 6.85. The quantitative estimate of drug-likeness (QED) is 0.595. The van der Waals surface area contributed by atoms with Gasteiger partial charge in [0.25, 0.3) is 10.2 Å². The van der Waals surface area contributed by atoms with Gasteiger partial charge in [0.1, 0.15) is 0 Å². The Bertz CT molecular complexity index is 1100. The first-order chi connectivity index (χ1) is 14.9. The van der Waals surface area contributed by atoms with E-state index in [-0.39, 0.29) is 42.2 Å². The third-order valence-electron chi connectivity index (χ3n) is 6.35. The van der Waals surface area contributed by atoms with Gasteiger partial charge in [-0.2, -0.15) is 5.10 Å². The van der Waals surface area contributed by atoms with Crippen molar-refractivity contribution >= 4 is 27.6 Å². The molecule has 9 nitrogen and oxygen atoms in total. The van der Waals surface area contributed by atoms with Crippen LogP contribution in [0.5, 0.6) is 0 Å². The fourth-order valence-corrected chi connectivity index (χ4v) is 5.58. The molecule has 2 aliphatic carbocycles. The number of urea groups is 1. The summed E-state index contributed by atoms with van der Waals surface area (Å²) < 4.78 is 38.3. The van der Waals surface area contributed by atoms with E-state index < -0.39 is 16.2 Å². The van der Waals surface area contributed by atoms with Gasteiger partial charge in [-0.1, -0.05) is 6.07 Å². The van der Waals surface area contributed by atoms with Crippen LogP contribution in [0.3, 0.4) is 0 Å². The summed E-state index contributed by atoms with van der Waals surface area (Å²) in [6.45, 7) is 0.703. The normalized spacial score (nSPS) is 18.8. The molecule has 1 atom stereocenters. The molecule has 5 rings (SSSR count). The van der Waals surface area contributed by atoms with Crippen LogP contribution in [0.2, 0.25) is 0 Å². The summed E-state index contributed by atoms with van der Waals surface area (Å²) >= 11 is 0. The largest absolute Gasteiger partial charge is 1.00 e. The zero-order chi connectivity index (χ0) is 21.6. The van der Waals surface area contributed by atoms with E-state index in [0.717, 1.165) is 66.1 Å². The average Bonchev–Trinajstić information content (AvgIpc) is 3.09. The fraction of sp³-hybridized carbons (Fsp3) is 0.524. The number of nitrogens with one attached hydrogen (secondary N) is 1. The molecular formula is C21H26N5NaO4S. The Balaban J connectivity index is 0.00000245. The number of ether oxygens (including phenoxy) is 1. The van der Waals surface area contributed by atoms with E-state index in [9.17, 15) is 13.2 Å². The van der Waals surface area contributed by atoms with Gasteiger partial charge < -0.3 is 14.8 Å². The van der Waals surface area contributed by atoms with E-state index in [2.05, 4.69) is 21.2 Å². The summed E-state index contributed by atoms with van der Waals surface area (Å²) in [5.41, 5.74) is 5.82. The Kier molecular flexibility index (Phi) is 6.88. The molecule has 2 heterocycles. The fourth-order valence-electron chi connectivity index (χ4n) is 4.51. The molecule has 1 aromatic heterocycles. The van der Waals surface area contributed by atoms with Gasteiger partial charge >= 0.3 is 29.6 Å². The first kappa shape index (κ1) is 23.6. The predicted octanol–water partition coefficient (Wildman–Crippen LogP) is -0.153. The molecule has 1 aromatic carbocycles. The molecule has 0 spiro atoms. The second-order valence-corrected chi connectivity index (χ2v) is 9.94. The molecule has 0 bridgehead atoms. The van der Waals surface area contributed by atoms with E-state index in [1.54, 1.807) is 13.2 Å². The number of nitrogens with zero attached hydrogens (tertiary/aromatic N) is 4. The molecule has 1 saturated heterocycles. The number of benzene rings is 1. The number of hydrogen-bond acceptors (Lipinski definition) is 5. The molecule has 1 N–H and O–H groups in total. The zero-order valence-corrected chi connectivity index (χ0v) is 21.3. The monoisotopic (exact) mass is 467 g/mol. The molecule has 0 radical (unpaired) electrons. The molecular weight excluding hydrogens is 441 g/mol. The molecule has 166 valence electrons. The van der Waals surface area contributed by atoms with Gasteiger partial charge in [-0.25, -0.2) is 8.42 Å². The SMILES string of the molecule is Cn1cc(N(C[C@@H]2CCCCO2)S(=O)(=O)[N-]C(=O)Nc2c3c(cc4c2CC4)CC3)cn1.[Na+]. The Morgan fingerprint density at radius 3 is 2.50 bits per heavy atom. The Morgan fingerprint density at radius 1 is 1.25 bits per heavy atom. The number of carbonyl (C=O) groups is 1. The number of carbonyl (C=O) groups excluding carboxylic acids is 1. The van der Waals surface area contributed by atoms with Gasteiger partial charge in [-0.05, 0) is 72.9 Å². The van der Waals surface area contributed by atoms with Crippen molar-refractivity contribution in [2.75, 3.05) is 22.8 Å². The van der Waals surface area contributed by atoms with Crippen molar-refractivity contribution in [2.45, 2.75) is 51.0 Å². The Hall–Kier alpha value is -1.59. The van der Waals surface area contributed by atoms with Crippen molar-refractivity contribution in [3.05, 3.63) is 45.4 Å². The maximum atomic E-state index is 13.2. The minimum absolute atomic E-state index is 0. The number of aryl methyl sites for hydroxylation is 3. The van der Waals surface area contributed by atoms with Gasteiger partial charge in [0.15, 0.2) is 6.03 Å². The Labute approximate surface area is 210 Å². The van der Waals surface area contributed by atoms with Gasteiger partial charge in [0.05, 0.1) is 24.5 Å². The summed E-state index contributed by atoms with van der Waals surface area (Å²) in [7, 11) is -2.57. The van der Waals surface area contributed by atoms with Crippen LogP contribution >= 0.6 is 0 Å². The van der Waals surface area contributed by atoms with Crippen LogP contribution in [0.15, 0.2) is 18.5 Å². The van der Waals surface area contributed by atoms with Crippen molar-refractivity contribution in [3.8, 4) is 0 Å². The van der Waals surface area contributed by atoms with Crippen LogP contribution < -0.4 is 39.2 Å². The standard InChI is InChI=1S/C21H27N5O4S.Na/c1-25-12-16(11-22-25)26(13-17-4-2-3-9-30-17)31(28,29)24-21(27)23-20-18-7-5-14(18)10-15-6-8-19(15)20;/h10-12,17H,2-9,13H2,1H3,(H2,23,24,27);/q;+1/p-1/t17-;/m0./s1. The smallest absolute Gasteiger partial charge is 0.423 e.